The van der Waals surface area contributed by atoms with Gasteiger partial charge >= 0.3 is 0 Å². The maximum absolute atomic E-state index is 6.78. The molecule has 6 heteroatoms. The molecule has 296 valence electrons. The van der Waals surface area contributed by atoms with E-state index in [4.69, 9.17) is 23.8 Å². The van der Waals surface area contributed by atoms with Gasteiger partial charge in [0.1, 0.15) is 22.3 Å². The third-order valence-electron chi connectivity index (χ3n) is 11.7. The minimum absolute atomic E-state index is 0.526. The fourth-order valence-corrected chi connectivity index (χ4v) is 8.80. The zero-order valence-corrected chi connectivity index (χ0v) is 33.9. The summed E-state index contributed by atoms with van der Waals surface area (Å²) in [6, 6.07) is 75.2. The predicted octanol–water partition coefficient (Wildman–Crippen LogP) is 15.5. The molecule has 9 aromatic carbocycles. The molecule has 6 nitrogen and oxygen atoms in total. The summed E-state index contributed by atoms with van der Waals surface area (Å²) in [7, 11) is 0. The summed E-state index contributed by atoms with van der Waals surface area (Å²) < 4.78 is 13.1. The van der Waals surface area contributed by atoms with Crippen LogP contribution in [0, 0.1) is 0 Å². The van der Waals surface area contributed by atoms with E-state index in [0.29, 0.717) is 17.5 Å². The van der Waals surface area contributed by atoms with Gasteiger partial charge in [0.2, 0.25) is 0 Å². The van der Waals surface area contributed by atoms with Gasteiger partial charge in [-0.1, -0.05) is 158 Å². The van der Waals surface area contributed by atoms with E-state index in [0.717, 1.165) is 99.9 Å². The van der Waals surface area contributed by atoms with E-state index in [1.165, 1.54) is 0 Å². The van der Waals surface area contributed by atoms with Crippen LogP contribution in [0.1, 0.15) is 0 Å². The molecule has 3 aromatic heterocycles. The fourth-order valence-electron chi connectivity index (χ4n) is 8.80. The van der Waals surface area contributed by atoms with E-state index in [9.17, 15) is 0 Å². The monoisotopic (exact) mass is 808 g/mol. The first-order chi connectivity index (χ1) is 31.2. The van der Waals surface area contributed by atoms with Crippen LogP contribution < -0.4 is 4.90 Å². The summed E-state index contributed by atoms with van der Waals surface area (Å²) in [6.45, 7) is 0. The highest BCUT2D eigenvalue weighted by atomic mass is 16.3. The molecule has 0 saturated carbocycles. The molecule has 0 aliphatic carbocycles. The Morgan fingerprint density at radius 2 is 0.746 bits per heavy atom. The molecule has 0 aliphatic heterocycles. The second kappa shape index (κ2) is 15.1. The van der Waals surface area contributed by atoms with E-state index in [2.05, 4.69) is 138 Å². The van der Waals surface area contributed by atoms with Gasteiger partial charge in [0.05, 0.1) is 5.69 Å². The van der Waals surface area contributed by atoms with E-state index in [1.807, 2.05) is 84.9 Å². The van der Waals surface area contributed by atoms with E-state index < -0.39 is 0 Å². The zero-order valence-electron chi connectivity index (χ0n) is 33.9. The molecule has 0 radical (unpaired) electrons. The summed E-state index contributed by atoms with van der Waals surface area (Å²) in [5.41, 5.74) is 13.0. The van der Waals surface area contributed by atoms with Crippen LogP contribution >= 0.6 is 0 Å². The highest BCUT2D eigenvalue weighted by Crippen LogP contribution is 2.45. The van der Waals surface area contributed by atoms with Gasteiger partial charge in [0.15, 0.2) is 17.5 Å². The molecule has 63 heavy (non-hydrogen) atoms. The first-order valence-corrected chi connectivity index (χ1v) is 21.0. The summed E-state index contributed by atoms with van der Waals surface area (Å²) >= 11 is 0. The third-order valence-corrected chi connectivity index (χ3v) is 11.7. The smallest absolute Gasteiger partial charge is 0.164 e. The normalized spacial score (nSPS) is 11.5. The predicted molar refractivity (Wildman–Crippen MR) is 256 cm³/mol. The molecule has 0 atom stereocenters. The maximum Gasteiger partial charge on any atom is 0.164 e. The number of hydrogen-bond acceptors (Lipinski definition) is 6. The van der Waals surface area contributed by atoms with Gasteiger partial charge in [-0.05, 0) is 76.9 Å². The average Bonchev–Trinajstić information content (AvgIpc) is 3.93. The van der Waals surface area contributed by atoms with Crippen molar-refractivity contribution in [1.82, 2.24) is 15.0 Å². The van der Waals surface area contributed by atoms with Crippen molar-refractivity contribution in [3.8, 4) is 56.4 Å². The van der Waals surface area contributed by atoms with Crippen molar-refractivity contribution in [3.05, 3.63) is 218 Å². The number of fused-ring (bicyclic) bond motifs is 6. The van der Waals surface area contributed by atoms with Crippen molar-refractivity contribution >= 4 is 60.9 Å². The van der Waals surface area contributed by atoms with Crippen LogP contribution in [0.5, 0.6) is 0 Å². The van der Waals surface area contributed by atoms with Crippen LogP contribution in [0.25, 0.3) is 100 Å². The summed E-state index contributed by atoms with van der Waals surface area (Å²) in [5.74, 6) is 1.64. The molecule has 0 fully saturated rings. The molecule has 0 aliphatic rings. The number of hydrogen-bond donors (Lipinski definition) is 0. The molecule has 0 unspecified atom stereocenters. The van der Waals surface area contributed by atoms with Gasteiger partial charge in [-0.2, -0.15) is 0 Å². The number of benzene rings is 9. The van der Waals surface area contributed by atoms with Gasteiger partial charge < -0.3 is 13.7 Å². The van der Waals surface area contributed by atoms with E-state index in [1.54, 1.807) is 0 Å². The van der Waals surface area contributed by atoms with Crippen LogP contribution in [0.15, 0.2) is 227 Å². The first kappa shape index (κ1) is 36.3. The van der Waals surface area contributed by atoms with Crippen molar-refractivity contribution in [1.29, 1.82) is 0 Å². The Morgan fingerprint density at radius 1 is 0.286 bits per heavy atom. The molecule has 0 N–H and O–H groups in total. The second-order valence-electron chi connectivity index (χ2n) is 15.6. The number of anilines is 3. The Bertz CT molecular complexity index is 3560. The molecule has 12 rings (SSSR count). The second-order valence-corrected chi connectivity index (χ2v) is 15.6. The Labute approximate surface area is 363 Å². The minimum Gasteiger partial charge on any atom is -0.456 e. The molecule has 0 bridgehead atoms. The molecular formula is C57H36N4O2. The van der Waals surface area contributed by atoms with Crippen LogP contribution in [0.4, 0.5) is 17.1 Å². The van der Waals surface area contributed by atoms with Crippen molar-refractivity contribution in [2.24, 2.45) is 0 Å². The Kier molecular flexibility index (Phi) is 8.71. The molecule has 0 spiro atoms. The first-order valence-electron chi connectivity index (χ1n) is 21.0. The standard InChI is InChI=1S/C57H36N4O2/c1-5-18-37(19-6-1)40-32-41(38-20-7-2-8-21-38)34-43(33-40)61(42-24-11-4-12-25-42)44-35-48(54-46-27-14-16-30-50(46)63-52(54)36-44)57-59-55(39-22-9-3-10-23-39)58-56(60-57)47-28-17-31-51-53(47)45-26-13-15-29-49(45)62-51/h1-36H. The lowest BCUT2D eigenvalue weighted by atomic mass is 9.97. The van der Waals surface area contributed by atoms with Crippen LogP contribution in [0.2, 0.25) is 0 Å². The number of furan rings is 2. The average molecular weight is 809 g/mol. The summed E-state index contributed by atoms with van der Waals surface area (Å²) in [6.07, 6.45) is 0. The van der Waals surface area contributed by atoms with Crippen LogP contribution in [0.3, 0.4) is 0 Å². The van der Waals surface area contributed by atoms with Gasteiger partial charge in [-0.25, -0.2) is 15.0 Å². The highest BCUT2D eigenvalue weighted by molar-refractivity contribution is 6.14. The van der Waals surface area contributed by atoms with E-state index >= 15 is 0 Å². The van der Waals surface area contributed by atoms with Crippen molar-refractivity contribution in [2.45, 2.75) is 0 Å². The van der Waals surface area contributed by atoms with Crippen molar-refractivity contribution in [3.63, 3.8) is 0 Å². The minimum atomic E-state index is 0.526. The van der Waals surface area contributed by atoms with E-state index in [-0.39, 0.29) is 0 Å². The Morgan fingerprint density at radius 3 is 1.37 bits per heavy atom. The summed E-state index contributed by atoms with van der Waals surface area (Å²) in [4.78, 5) is 18.2. The maximum atomic E-state index is 6.78. The molecular weight excluding hydrogens is 773 g/mol. The van der Waals surface area contributed by atoms with Crippen molar-refractivity contribution < 1.29 is 8.83 Å². The van der Waals surface area contributed by atoms with Gasteiger partial charge in [0, 0.05) is 55.7 Å². The van der Waals surface area contributed by atoms with Crippen LogP contribution in [-0.2, 0) is 0 Å². The topological polar surface area (TPSA) is 68.2 Å². The zero-order chi connectivity index (χ0) is 41.7. The molecule has 12 aromatic rings. The van der Waals surface area contributed by atoms with Crippen LogP contribution in [-0.4, -0.2) is 15.0 Å². The lowest BCUT2D eigenvalue weighted by Gasteiger charge is -2.27. The van der Waals surface area contributed by atoms with Gasteiger partial charge in [-0.15, -0.1) is 0 Å². The number of para-hydroxylation sites is 3. The Balaban J connectivity index is 1.15. The Hall–Kier alpha value is -8.61. The highest BCUT2D eigenvalue weighted by Gasteiger charge is 2.24. The lowest BCUT2D eigenvalue weighted by Crippen LogP contribution is -2.11. The molecule has 0 saturated heterocycles. The number of nitrogens with zero attached hydrogens (tertiary/aromatic N) is 4. The van der Waals surface area contributed by atoms with Gasteiger partial charge in [-0.3, -0.25) is 0 Å². The lowest BCUT2D eigenvalue weighted by molar-refractivity contribution is 0.668. The largest absolute Gasteiger partial charge is 0.456 e. The summed E-state index contributed by atoms with van der Waals surface area (Å²) in [5, 5.41) is 3.86. The van der Waals surface area contributed by atoms with Gasteiger partial charge in [0.25, 0.3) is 0 Å². The fraction of sp³-hybridized carbons (Fsp3) is 0. The SMILES string of the molecule is c1ccc(-c2cc(-c3ccccc3)cc(N(c3ccccc3)c3cc(-c4nc(-c5ccccc5)nc(-c5cccc6oc7ccccc7c56)n4)c4c(c3)oc3ccccc34)c2)cc1. The quantitative estimate of drug-likeness (QED) is 0.152. The number of aromatic nitrogens is 3. The third kappa shape index (κ3) is 6.49. The molecule has 0 amide bonds. The van der Waals surface area contributed by atoms with Crippen molar-refractivity contribution in [2.75, 3.05) is 4.90 Å². The number of rotatable bonds is 8. The molecule has 3 heterocycles.